The highest BCUT2D eigenvalue weighted by Crippen LogP contribution is 2.09. The largest absolute Gasteiger partial charge is 0.247 e. The molecule has 1 aromatic rings. The van der Waals surface area contributed by atoms with Crippen molar-refractivity contribution in [2.24, 2.45) is 0 Å². The normalized spacial score (nSPS) is 12.8. The molecule has 1 heteroatoms. The number of hydrogen-bond acceptors (Lipinski definition) is 0. The van der Waals surface area contributed by atoms with Crippen LogP contribution in [0, 0.1) is 0 Å². The molecule has 1 aromatic carbocycles. The second-order valence-corrected chi connectivity index (χ2v) is 3.08. The third-order valence-electron chi connectivity index (χ3n) is 1.90. The van der Waals surface area contributed by atoms with Gasteiger partial charge in [0.2, 0.25) is 0 Å². The maximum Gasteiger partial charge on any atom is 0.104 e. The molecule has 0 heterocycles. The second kappa shape index (κ2) is 4.91. The van der Waals surface area contributed by atoms with Crippen LogP contribution in [0.4, 0.5) is 4.39 Å². The monoisotopic (exact) mass is 166 g/mol. The quantitative estimate of drug-likeness (QED) is 0.643. The van der Waals surface area contributed by atoms with E-state index in [2.05, 4.69) is 0 Å². The Morgan fingerprint density at radius 2 is 1.92 bits per heavy atom. The lowest BCUT2D eigenvalue weighted by molar-refractivity contribution is 0.310. The van der Waals surface area contributed by atoms with Crippen molar-refractivity contribution in [1.29, 1.82) is 0 Å². The first kappa shape index (κ1) is 9.24. The molecule has 0 aliphatic heterocycles. The Morgan fingerprint density at radius 3 is 2.50 bits per heavy atom. The van der Waals surface area contributed by atoms with Crippen molar-refractivity contribution in [3.05, 3.63) is 35.9 Å². The van der Waals surface area contributed by atoms with E-state index in [4.69, 9.17) is 0 Å². The molecule has 0 N–H and O–H groups in total. The van der Waals surface area contributed by atoms with Crippen molar-refractivity contribution in [3.8, 4) is 0 Å². The lowest BCUT2D eigenvalue weighted by atomic mass is 10.1. The van der Waals surface area contributed by atoms with E-state index in [9.17, 15) is 4.39 Å². The van der Waals surface area contributed by atoms with Crippen LogP contribution in [-0.2, 0) is 6.42 Å². The average molecular weight is 166 g/mol. The van der Waals surface area contributed by atoms with Crippen LogP contribution in [0.15, 0.2) is 30.3 Å². The van der Waals surface area contributed by atoms with Crippen LogP contribution in [-0.4, -0.2) is 6.17 Å². The molecule has 0 aliphatic carbocycles. The number of hydrogen-bond donors (Lipinski definition) is 0. The molecular formula is C11H15F. The number of benzene rings is 1. The summed E-state index contributed by atoms with van der Waals surface area (Å²) in [6, 6.07) is 9.81. The first-order chi connectivity index (χ1) is 5.83. The minimum absolute atomic E-state index is 0.564. The minimum atomic E-state index is -0.669. The number of halogens is 1. The predicted octanol–water partition coefficient (Wildman–Crippen LogP) is 3.37. The standard InChI is InChI=1S/C11H15F/c1-2-6-11(12)9-10-7-4-3-5-8-10/h3-5,7-8,11H,2,6,9H2,1H3. The summed E-state index contributed by atoms with van der Waals surface area (Å²) in [6.07, 6.45) is 1.50. The van der Waals surface area contributed by atoms with E-state index in [0.717, 1.165) is 12.0 Å². The Bertz CT molecular complexity index is 206. The fourth-order valence-electron chi connectivity index (χ4n) is 1.29. The van der Waals surface area contributed by atoms with Gasteiger partial charge in [-0.3, -0.25) is 0 Å². The summed E-state index contributed by atoms with van der Waals surface area (Å²) in [4.78, 5) is 0. The molecule has 0 saturated heterocycles. The highest BCUT2D eigenvalue weighted by molar-refractivity contribution is 5.15. The lowest BCUT2D eigenvalue weighted by Gasteiger charge is -2.05. The van der Waals surface area contributed by atoms with E-state index < -0.39 is 6.17 Å². The Labute approximate surface area is 73.4 Å². The molecule has 1 rings (SSSR count). The maximum absolute atomic E-state index is 13.1. The summed E-state index contributed by atoms with van der Waals surface area (Å²) >= 11 is 0. The number of rotatable bonds is 4. The van der Waals surface area contributed by atoms with Crippen molar-refractivity contribution in [2.45, 2.75) is 32.4 Å². The van der Waals surface area contributed by atoms with Crippen LogP contribution in [0.2, 0.25) is 0 Å². The summed E-state index contributed by atoms with van der Waals surface area (Å²) in [5.74, 6) is 0. The summed E-state index contributed by atoms with van der Waals surface area (Å²) in [6.45, 7) is 2.01. The SMILES string of the molecule is CCCC(F)Cc1ccccc1. The van der Waals surface area contributed by atoms with Crippen LogP contribution >= 0.6 is 0 Å². The van der Waals surface area contributed by atoms with Gasteiger partial charge in [-0.05, 0) is 12.0 Å². The highest BCUT2D eigenvalue weighted by Gasteiger charge is 2.04. The van der Waals surface area contributed by atoms with Gasteiger partial charge in [0.05, 0.1) is 0 Å². The molecule has 0 radical (unpaired) electrons. The molecule has 0 spiro atoms. The molecule has 0 amide bonds. The van der Waals surface area contributed by atoms with E-state index >= 15 is 0 Å². The van der Waals surface area contributed by atoms with Gasteiger partial charge in [0.1, 0.15) is 6.17 Å². The van der Waals surface area contributed by atoms with Gasteiger partial charge in [0.15, 0.2) is 0 Å². The summed E-state index contributed by atoms with van der Waals surface area (Å²) in [7, 11) is 0. The third kappa shape index (κ3) is 3.04. The van der Waals surface area contributed by atoms with Crippen molar-refractivity contribution < 1.29 is 4.39 Å². The third-order valence-corrected chi connectivity index (χ3v) is 1.90. The fraction of sp³-hybridized carbons (Fsp3) is 0.455. The Balaban J connectivity index is 2.41. The van der Waals surface area contributed by atoms with Crippen molar-refractivity contribution in [2.75, 3.05) is 0 Å². The Kier molecular flexibility index (Phi) is 3.78. The van der Waals surface area contributed by atoms with Gasteiger partial charge < -0.3 is 0 Å². The lowest BCUT2D eigenvalue weighted by Crippen LogP contribution is -2.03. The zero-order valence-corrected chi connectivity index (χ0v) is 7.46. The summed E-state index contributed by atoms with van der Waals surface area (Å²) < 4.78 is 13.1. The van der Waals surface area contributed by atoms with Gasteiger partial charge in [-0.2, -0.15) is 0 Å². The molecule has 0 nitrogen and oxygen atoms in total. The minimum Gasteiger partial charge on any atom is -0.247 e. The number of alkyl halides is 1. The predicted molar refractivity (Wildman–Crippen MR) is 50.0 cm³/mol. The van der Waals surface area contributed by atoms with Crippen molar-refractivity contribution in [3.63, 3.8) is 0 Å². The van der Waals surface area contributed by atoms with Gasteiger partial charge in [0.25, 0.3) is 0 Å². The average Bonchev–Trinajstić information content (AvgIpc) is 2.06. The van der Waals surface area contributed by atoms with Crippen LogP contribution in [0.25, 0.3) is 0 Å². The maximum atomic E-state index is 13.1. The van der Waals surface area contributed by atoms with Gasteiger partial charge in [-0.25, -0.2) is 4.39 Å². The summed E-state index contributed by atoms with van der Waals surface area (Å²) in [5.41, 5.74) is 1.10. The first-order valence-corrected chi connectivity index (χ1v) is 4.51. The van der Waals surface area contributed by atoms with Gasteiger partial charge in [0, 0.05) is 6.42 Å². The Morgan fingerprint density at radius 1 is 1.25 bits per heavy atom. The topological polar surface area (TPSA) is 0 Å². The van der Waals surface area contributed by atoms with Crippen LogP contribution < -0.4 is 0 Å². The highest BCUT2D eigenvalue weighted by atomic mass is 19.1. The zero-order chi connectivity index (χ0) is 8.81. The van der Waals surface area contributed by atoms with Crippen molar-refractivity contribution in [1.82, 2.24) is 0 Å². The molecule has 0 bridgehead atoms. The van der Waals surface area contributed by atoms with Gasteiger partial charge in [-0.1, -0.05) is 43.7 Å². The van der Waals surface area contributed by atoms with E-state index in [1.165, 1.54) is 0 Å². The van der Waals surface area contributed by atoms with Gasteiger partial charge in [-0.15, -0.1) is 0 Å². The van der Waals surface area contributed by atoms with Crippen molar-refractivity contribution >= 4 is 0 Å². The van der Waals surface area contributed by atoms with Gasteiger partial charge >= 0.3 is 0 Å². The molecule has 0 fully saturated rings. The molecular weight excluding hydrogens is 151 g/mol. The van der Waals surface area contributed by atoms with Crippen LogP contribution in [0.1, 0.15) is 25.3 Å². The Hall–Kier alpha value is -0.850. The van der Waals surface area contributed by atoms with E-state index in [-0.39, 0.29) is 0 Å². The van der Waals surface area contributed by atoms with Crippen LogP contribution in [0.3, 0.4) is 0 Å². The molecule has 0 aliphatic rings. The van der Waals surface area contributed by atoms with E-state index in [1.54, 1.807) is 0 Å². The van der Waals surface area contributed by atoms with E-state index in [0.29, 0.717) is 12.8 Å². The fourth-order valence-corrected chi connectivity index (χ4v) is 1.29. The molecule has 12 heavy (non-hydrogen) atoms. The molecule has 1 atom stereocenters. The second-order valence-electron chi connectivity index (χ2n) is 3.08. The summed E-state index contributed by atoms with van der Waals surface area (Å²) in [5, 5.41) is 0. The first-order valence-electron chi connectivity index (χ1n) is 4.51. The van der Waals surface area contributed by atoms with Crippen LogP contribution in [0.5, 0.6) is 0 Å². The molecule has 1 unspecified atom stereocenters. The zero-order valence-electron chi connectivity index (χ0n) is 7.46. The molecule has 0 saturated carbocycles. The van der Waals surface area contributed by atoms with E-state index in [1.807, 2.05) is 37.3 Å². The smallest absolute Gasteiger partial charge is 0.104 e. The molecule has 0 aromatic heterocycles. The molecule has 66 valence electrons.